The molecule has 3 heteroatoms. The summed E-state index contributed by atoms with van der Waals surface area (Å²) in [7, 11) is 3.34. The van der Waals surface area contributed by atoms with E-state index in [1.807, 2.05) is 18.2 Å². The van der Waals surface area contributed by atoms with Crippen molar-refractivity contribution in [3.8, 4) is 11.5 Å². The van der Waals surface area contributed by atoms with Crippen LogP contribution in [0.15, 0.2) is 36.4 Å². The van der Waals surface area contributed by atoms with Crippen LogP contribution >= 0.6 is 0 Å². The van der Waals surface area contributed by atoms with Crippen LogP contribution in [0.5, 0.6) is 11.5 Å². The van der Waals surface area contributed by atoms with Crippen molar-refractivity contribution in [3.63, 3.8) is 0 Å². The highest BCUT2D eigenvalue weighted by molar-refractivity contribution is 5.56. The molecule has 0 radical (unpaired) electrons. The summed E-state index contributed by atoms with van der Waals surface area (Å²) >= 11 is 0. The molecule has 0 amide bonds. The van der Waals surface area contributed by atoms with Gasteiger partial charge in [-0.15, -0.1) is 0 Å². The lowest BCUT2D eigenvalue weighted by atomic mass is 10.0. The Morgan fingerprint density at radius 2 is 1.76 bits per heavy atom. The molecule has 0 spiro atoms. The van der Waals surface area contributed by atoms with Gasteiger partial charge in [-0.1, -0.05) is 12.1 Å². The summed E-state index contributed by atoms with van der Waals surface area (Å²) in [4.78, 5) is 0. The van der Waals surface area contributed by atoms with Gasteiger partial charge in [-0.3, -0.25) is 0 Å². The van der Waals surface area contributed by atoms with Crippen LogP contribution in [0, 0.1) is 13.8 Å². The summed E-state index contributed by atoms with van der Waals surface area (Å²) in [6.07, 6.45) is 0. The second kappa shape index (κ2) is 6.53. The molecule has 0 saturated carbocycles. The number of ether oxygens (including phenoxy) is 2. The lowest BCUT2D eigenvalue weighted by Crippen LogP contribution is -2.09. The maximum absolute atomic E-state index is 5.48. The average Bonchev–Trinajstić information content (AvgIpc) is 2.51. The molecule has 1 atom stereocenters. The van der Waals surface area contributed by atoms with Gasteiger partial charge in [0.15, 0.2) is 0 Å². The van der Waals surface area contributed by atoms with Gasteiger partial charge in [0.2, 0.25) is 0 Å². The van der Waals surface area contributed by atoms with Crippen molar-refractivity contribution >= 4 is 5.69 Å². The van der Waals surface area contributed by atoms with Gasteiger partial charge in [-0.2, -0.15) is 0 Å². The number of aryl methyl sites for hydroxylation is 1. The Kier molecular flexibility index (Phi) is 4.73. The van der Waals surface area contributed by atoms with Gasteiger partial charge in [0.1, 0.15) is 11.5 Å². The molecule has 0 bridgehead atoms. The molecule has 0 heterocycles. The zero-order valence-electron chi connectivity index (χ0n) is 13.4. The zero-order valence-corrected chi connectivity index (χ0v) is 13.4. The average molecular weight is 285 g/mol. The van der Waals surface area contributed by atoms with Crippen molar-refractivity contribution in [1.82, 2.24) is 0 Å². The van der Waals surface area contributed by atoms with E-state index in [-0.39, 0.29) is 6.04 Å². The van der Waals surface area contributed by atoms with Crippen LogP contribution in [-0.2, 0) is 0 Å². The number of rotatable bonds is 5. The molecule has 2 rings (SSSR count). The van der Waals surface area contributed by atoms with E-state index in [1.165, 1.54) is 11.1 Å². The lowest BCUT2D eigenvalue weighted by molar-refractivity contribution is 0.390. The molecule has 0 saturated heterocycles. The van der Waals surface area contributed by atoms with E-state index in [1.54, 1.807) is 14.2 Å². The van der Waals surface area contributed by atoms with Crippen molar-refractivity contribution in [2.24, 2.45) is 0 Å². The Balaban J connectivity index is 2.28. The second-order valence-electron chi connectivity index (χ2n) is 5.22. The molecule has 0 fully saturated rings. The van der Waals surface area contributed by atoms with Gasteiger partial charge in [0.05, 0.1) is 20.3 Å². The van der Waals surface area contributed by atoms with E-state index in [4.69, 9.17) is 9.47 Å². The molecule has 2 aromatic rings. The summed E-state index contributed by atoms with van der Waals surface area (Å²) in [5.74, 6) is 1.63. The summed E-state index contributed by atoms with van der Waals surface area (Å²) in [6.45, 7) is 6.39. The van der Waals surface area contributed by atoms with Crippen LogP contribution in [0.25, 0.3) is 0 Å². The Hall–Kier alpha value is -2.16. The van der Waals surface area contributed by atoms with Crippen LogP contribution < -0.4 is 14.8 Å². The van der Waals surface area contributed by atoms with E-state index < -0.39 is 0 Å². The highest BCUT2D eigenvalue weighted by Crippen LogP contribution is 2.32. The standard InChI is InChI=1S/C18H23NO2/c1-12-7-6-8-17(13(12)2)19-14(3)16-10-9-15(20-4)11-18(16)21-5/h6-11,14,19H,1-5H3. The Labute approximate surface area is 126 Å². The summed E-state index contributed by atoms with van der Waals surface area (Å²) in [5, 5.41) is 3.56. The van der Waals surface area contributed by atoms with Gasteiger partial charge < -0.3 is 14.8 Å². The quantitative estimate of drug-likeness (QED) is 0.877. The SMILES string of the molecule is COc1ccc(C(C)Nc2cccc(C)c2C)c(OC)c1. The van der Waals surface area contributed by atoms with Gasteiger partial charge in [-0.05, 0) is 50.1 Å². The first-order valence-electron chi connectivity index (χ1n) is 7.11. The molecule has 0 aliphatic heterocycles. The Morgan fingerprint density at radius 1 is 1.00 bits per heavy atom. The summed E-state index contributed by atoms with van der Waals surface area (Å²) in [6, 6.07) is 12.4. The van der Waals surface area contributed by atoms with Crippen molar-refractivity contribution in [2.45, 2.75) is 26.8 Å². The molecule has 0 aliphatic carbocycles. The maximum atomic E-state index is 5.48. The highest BCUT2D eigenvalue weighted by Gasteiger charge is 2.13. The van der Waals surface area contributed by atoms with Crippen LogP contribution in [0.1, 0.15) is 29.7 Å². The number of hydrogen-bond acceptors (Lipinski definition) is 3. The highest BCUT2D eigenvalue weighted by atomic mass is 16.5. The Bertz CT molecular complexity index is 623. The maximum Gasteiger partial charge on any atom is 0.127 e. The molecule has 21 heavy (non-hydrogen) atoms. The third-order valence-electron chi connectivity index (χ3n) is 3.88. The van der Waals surface area contributed by atoms with E-state index in [0.29, 0.717) is 0 Å². The fourth-order valence-corrected chi connectivity index (χ4v) is 2.39. The van der Waals surface area contributed by atoms with Crippen LogP contribution in [0.3, 0.4) is 0 Å². The molecule has 1 unspecified atom stereocenters. The normalized spacial score (nSPS) is 11.9. The molecule has 0 aromatic heterocycles. The number of anilines is 1. The van der Waals surface area contributed by atoms with Crippen molar-refractivity contribution in [1.29, 1.82) is 0 Å². The molecule has 3 nitrogen and oxygen atoms in total. The molecule has 2 aromatic carbocycles. The lowest BCUT2D eigenvalue weighted by Gasteiger charge is -2.20. The third kappa shape index (κ3) is 3.30. The van der Waals surface area contributed by atoms with Gasteiger partial charge in [0, 0.05) is 17.3 Å². The minimum atomic E-state index is 0.145. The summed E-state index contributed by atoms with van der Waals surface area (Å²) in [5.41, 5.74) is 4.82. The van der Waals surface area contributed by atoms with Crippen LogP contribution in [-0.4, -0.2) is 14.2 Å². The first kappa shape index (κ1) is 15.2. The minimum absolute atomic E-state index is 0.145. The smallest absolute Gasteiger partial charge is 0.127 e. The van der Waals surface area contributed by atoms with Crippen molar-refractivity contribution in [2.75, 3.05) is 19.5 Å². The van der Waals surface area contributed by atoms with E-state index in [0.717, 1.165) is 22.7 Å². The Morgan fingerprint density at radius 3 is 2.43 bits per heavy atom. The molecule has 0 aliphatic rings. The minimum Gasteiger partial charge on any atom is -0.497 e. The third-order valence-corrected chi connectivity index (χ3v) is 3.88. The second-order valence-corrected chi connectivity index (χ2v) is 5.22. The first-order chi connectivity index (χ1) is 10.1. The fourth-order valence-electron chi connectivity index (χ4n) is 2.39. The van der Waals surface area contributed by atoms with Gasteiger partial charge in [0.25, 0.3) is 0 Å². The van der Waals surface area contributed by atoms with Crippen molar-refractivity contribution < 1.29 is 9.47 Å². The number of methoxy groups -OCH3 is 2. The first-order valence-corrected chi connectivity index (χ1v) is 7.11. The van der Waals surface area contributed by atoms with Crippen molar-refractivity contribution in [3.05, 3.63) is 53.1 Å². The van der Waals surface area contributed by atoms with E-state index in [2.05, 4.69) is 44.3 Å². The van der Waals surface area contributed by atoms with Gasteiger partial charge >= 0.3 is 0 Å². The topological polar surface area (TPSA) is 30.5 Å². The largest absolute Gasteiger partial charge is 0.497 e. The fraction of sp³-hybridized carbons (Fsp3) is 0.333. The molecular formula is C18H23NO2. The zero-order chi connectivity index (χ0) is 15.4. The number of hydrogen-bond donors (Lipinski definition) is 1. The molecule has 112 valence electrons. The van der Waals surface area contributed by atoms with Crippen LogP contribution in [0.2, 0.25) is 0 Å². The summed E-state index contributed by atoms with van der Waals surface area (Å²) < 4.78 is 10.7. The number of benzene rings is 2. The molecular weight excluding hydrogens is 262 g/mol. The predicted molar refractivity (Wildman–Crippen MR) is 87.5 cm³/mol. The van der Waals surface area contributed by atoms with E-state index in [9.17, 15) is 0 Å². The van der Waals surface area contributed by atoms with E-state index >= 15 is 0 Å². The number of nitrogens with one attached hydrogen (secondary N) is 1. The van der Waals surface area contributed by atoms with Crippen LogP contribution in [0.4, 0.5) is 5.69 Å². The van der Waals surface area contributed by atoms with Gasteiger partial charge in [-0.25, -0.2) is 0 Å². The predicted octanol–water partition coefficient (Wildman–Crippen LogP) is 4.49. The monoisotopic (exact) mass is 285 g/mol. The molecule has 1 N–H and O–H groups in total.